The molecular weight excluding hydrogens is 492 g/mol. The second kappa shape index (κ2) is 19.4. The molecule has 1 aliphatic rings. The monoisotopic (exact) mass is 538 g/mol. The summed E-state index contributed by atoms with van der Waals surface area (Å²) >= 11 is 0. The molecule has 0 aromatic rings. The maximum absolute atomic E-state index is 11.6. The first-order chi connectivity index (χ1) is 18.1. The van der Waals surface area contributed by atoms with Gasteiger partial charge in [0.2, 0.25) is 0 Å². The van der Waals surface area contributed by atoms with Crippen LogP contribution in [0.5, 0.6) is 0 Å². The van der Waals surface area contributed by atoms with Gasteiger partial charge in [-0.1, -0.05) is 96.3 Å². The largest absolute Gasteiger partial charge is 0.481 e. The predicted octanol–water partition coefficient (Wildman–Crippen LogP) is 6.28. The molecule has 0 aliphatic carbocycles. The molecule has 3 N–H and O–H groups in total. The quantitative estimate of drug-likeness (QED) is 0.0730. The molecule has 0 bridgehead atoms. The van der Waals surface area contributed by atoms with E-state index in [2.05, 4.69) is 4.74 Å². The van der Waals surface area contributed by atoms with Crippen molar-refractivity contribution in [3.05, 3.63) is 11.1 Å². The number of carbonyl (C=O) groups excluding carboxylic acids is 2. The van der Waals surface area contributed by atoms with Crippen molar-refractivity contribution >= 4 is 29.8 Å². The van der Waals surface area contributed by atoms with Gasteiger partial charge in [-0.05, 0) is 26.2 Å². The van der Waals surface area contributed by atoms with E-state index in [1.54, 1.807) is 6.92 Å². The third kappa shape index (κ3) is 13.7. The Morgan fingerprint density at radius 1 is 0.605 bits per heavy atom. The summed E-state index contributed by atoms with van der Waals surface area (Å²) in [5, 5.41) is 27.4. The van der Waals surface area contributed by atoms with Gasteiger partial charge in [0, 0.05) is 11.1 Å². The van der Waals surface area contributed by atoms with Gasteiger partial charge in [-0.15, -0.1) is 0 Å². The fraction of sp³-hybridized carbons (Fsp3) is 0.759. The molecule has 1 rings (SSSR count). The van der Waals surface area contributed by atoms with Crippen LogP contribution in [0.3, 0.4) is 0 Å². The maximum Gasteiger partial charge on any atom is 0.342 e. The lowest BCUT2D eigenvalue weighted by Gasteiger charge is -2.18. The number of rotatable bonds is 24. The van der Waals surface area contributed by atoms with Crippen molar-refractivity contribution in [3.8, 4) is 0 Å². The molecule has 1 aliphatic heterocycles. The van der Waals surface area contributed by atoms with E-state index in [0.717, 1.165) is 44.9 Å². The van der Waals surface area contributed by atoms with Crippen LogP contribution in [0.15, 0.2) is 11.1 Å². The van der Waals surface area contributed by atoms with E-state index in [-0.39, 0.29) is 6.42 Å². The van der Waals surface area contributed by atoms with Gasteiger partial charge in [0.15, 0.2) is 0 Å². The highest BCUT2D eigenvalue weighted by Crippen LogP contribution is 2.25. The predicted molar refractivity (Wildman–Crippen MR) is 141 cm³/mol. The Labute approximate surface area is 226 Å². The summed E-state index contributed by atoms with van der Waals surface area (Å²) in [6.07, 6.45) is 17.7. The van der Waals surface area contributed by atoms with Gasteiger partial charge in [-0.2, -0.15) is 0 Å². The summed E-state index contributed by atoms with van der Waals surface area (Å²) in [6, 6.07) is 0. The number of aliphatic carboxylic acids is 3. The fourth-order valence-corrected chi connectivity index (χ4v) is 5.02. The van der Waals surface area contributed by atoms with E-state index in [4.69, 9.17) is 5.11 Å². The summed E-state index contributed by atoms with van der Waals surface area (Å²) in [4.78, 5) is 56.4. The Morgan fingerprint density at radius 3 is 1.34 bits per heavy atom. The zero-order chi connectivity index (χ0) is 28.3. The zero-order valence-electron chi connectivity index (χ0n) is 22.9. The molecule has 0 saturated heterocycles. The SMILES string of the molecule is CC1=C(CCCCCCCCCCCCCCCCCC[C@H](C(=O)O)[C@@H](CC(=O)O)C(=O)O)C(=O)OC1=O. The van der Waals surface area contributed by atoms with Crippen LogP contribution in [0.2, 0.25) is 0 Å². The van der Waals surface area contributed by atoms with Crippen molar-refractivity contribution in [3.63, 3.8) is 0 Å². The molecular formula is C29H46O9. The summed E-state index contributed by atoms with van der Waals surface area (Å²) in [5.41, 5.74) is 1.01. The van der Waals surface area contributed by atoms with Gasteiger partial charge in [0.1, 0.15) is 0 Å². The number of esters is 2. The van der Waals surface area contributed by atoms with Crippen molar-refractivity contribution in [1.82, 2.24) is 0 Å². The van der Waals surface area contributed by atoms with Crippen LogP contribution in [0.25, 0.3) is 0 Å². The smallest absolute Gasteiger partial charge is 0.342 e. The van der Waals surface area contributed by atoms with Crippen molar-refractivity contribution in [2.45, 2.75) is 129 Å². The van der Waals surface area contributed by atoms with Crippen LogP contribution < -0.4 is 0 Å². The van der Waals surface area contributed by atoms with Gasteiger partial charge in [-0.25, -0.2) is 9.59 Å². The van der Waals surface area contributed by atoms with E-state index < -0.39 is 48.1 Å². The normalized spacial score (nSPS) is 15.0. The standard InChI is InChI=1S/C29H46O9/c1-21-22(29(37)38-28(21)36)18-16-14-12-10-8-6-4-2-3-5-7-9-11-13-15-17-19-23(26(32)33)24(27(34)35)20-25(30)31/h23-24H,2-20H2,1H3,(H,30,31)(H,32,33)(H,34,35)/t23-,24+/m0/s1. The third-order valence-electron chi connectivity index (χ3n) is 7.40. The second-order valence-electron chi connectivity index (χ2n) is 10.5. The lowest BCUT2D eigenvalue weighted by Crippen LogP contribution is -2.31. The third-order valence-corrected chi connectivity index (χ3v) is 7.40. The molecule has 0 saturated carbocycles. The fourth-order valence-electron chi connectivity index (χ4n) is 5.02. The number of ether oxygens (including phenoxy) is 1. The number of cyclic esters (lactones) is 2. The number of carboxylic acid groups (broad SMARTS) is 3. The average molecular weight is 539 g/mol. The van der Waals surface area contributed by atoms with Crippen LogP contribution in [-0.4, -0.2) is 45.2 Å². The molecule has 9 nitrogen and oxygen atoms in total. The summed E-state index contributed by atoms with van der Waals surface area (Å²) in [5.74, 6) is -7.43. The minimum Gasteiger partial charge on any atom is -0.481 e. The molecule has 38 heavy (non-hydrogen) atoms. The highest BCUT2D eigenvalue weighted by Gasteiger charge is 2.35. The maximum atomic E-state index is 11.6. The topological polar surface area (TPSA) is 155 Å². The molecule has 0 radical (unpaired) electrons. The number of hydrogen-bond donors (Lipinski definition) is 3. The molecule has 0 amide bonds. The van der Waals surface area contributed by atoms with E-state index in [0.29, 0.717) is 24.0 Å². The summed E-state index contributed by atoms with van der Waals surface area (Å²) < 4.78 is 4.61. The van der Waals surface area contributed by atoms with Crippen LogP contribution in [0, 0.1) is 11.8 Å². The molecule has 9 heteroatoms. The number of unbranched alkanes of at least 4 members (excludes halogenated alkanes) is 15. The molecule has 2 atom stereocenters. The van der Waals surface area contributed by atoms with Crippen molar-refractivity contribution in [1.29, 1.82) is 0 Å². The van der Waals surface area contributed by atoms with Gasteiger partial charge >= 0.3 is 29.8 Å². The van der Waals surface area contributed by atoms with Gasteiger partial charge in [0.25, 0.3) is 0 Å². The van der Waals surface area contributed by atoms with Gasteiger partial charge in [0.05, 0.1) is 18.3 Å². The zero-order valence-corrected chi connectivity index (χ0v) is 22.9. The molecule has 0 spiro atoms. The molecule has 216 valence electrons. The number of carboxylic acids is 3. The molecule has 1 heterocycles. The van der Waals surface area contributed by atoms with Crippen molar-refractivity contribution in [2.24, 2.45) is 11.8 Å². The van der Waals surface area contributed by atoms with Crippen LogP contribution >= 0.6 is 0 Å². The molecule has 0 fully saturated rings. The van der Waals surface area contributed by atoms with E-state index >= 15 is 0 Å². The molecule has 0 unspecified atom stereocenters. The van der Waals surface area contributed by atoms with Crippen LogP contribution in [-0.2, 0) is 28.7 Å². The van der Waals surface area contributed by atoms with Gasteiger partial charge < -0.3 is 20.1 Å². The van der Waals surface area contributed by atoms with Crippen LogP contribution in [0.4, 0.5) is 0 Å². The first-order valence-electron chi connectivity index (χ1n) is 14.3. The Morgan fingerprint density at radius 2 is 1.00 bits per heavy atom. The van der Waals surface area contributed by atoms with Gasteiger partial charge in [-0.3, -0.25) is 14.4 Å². The number of hydrogen-bond acceptors (Lipinski definition) is 6. The first-order valence-corrected chi connectivity index (χ1v) is 14.3. The lowest BCUT2D eigenvalue weighted by molar-refractivity contribution is -0.157. The lowest BCUT2D eigenvalue weighted by atomic mass is 9.85. The van der Waals surface area contributed by atoms with E-state index in [1.165, 1.54) is 51.4 Å². The summed E-state index contributed by atoms with van der Waals surface area (Å²) in [7, 11) is 0. The average Bonchev–Trinajstić information content (AvgIpc) is 3.09. The Bertz CT molecular complexity index is 815. The Balaban J connectivity index is 1.92. The number of carbonyl (C=O) groups is 5. The second-order valence-corrected chi connectivity index (χ2v) is 10.5. The minimum atomic E-state index is -1.39. The van der Waals surface area contributed by atoms with E-state index in [1.807, 2.05) is 0 Å². The Hall–Kier alpha value is -2.71. The first kappa shape index (κ1) is 33.3. The highest BCUT2D eigenvalue weighted by molar-refractivity contribution is 6.11. The summed E-state index contributed by atoms with van der Waals surface area (Å²) in [6.45, 7) is 1.65. The van der Waals surface area contributed by atoms with Crippen LogP contribution in [0.1, 0.15) is 129 Å². The Kier molecular flexibility index (Phi) is 17.0. The highest BCUT2D eigenvalue weighted by atomic mass is 16.6. The minimum absolute atomic E-state index is 0.191. The molecule has 0 aromatic heterocycles. The van der Waals surface area contributed by atoms with Crippen molar-refractivity contribution in [2.75, 3.05) is 0 Å². The van der Waals surface area contributed by atoms with E-state index in [9.17, 15) is 34.2 Å². The van der Waals surface area contributed by atoms with Crippen molar-refractivity contribution < 1.29 is 44.0 Å². The molecule has 0 aromatic carbocycles.